The van der Waals surface area contributed by atoms with E-state index in [4.69, 9.17) is 4.74 Å². The summed E-state index contributed by atoms with van der Waals surface area (Å²) in [5, 5.41) is 25.9. The molecular formula is C12H17N5O3S. The fourth-order valence-corrected chi connectivity index (χ4v) is 2.30. The van der Waals surface area contributed by atoms with Crippen LogP contribution in [-0.2, 0) is 16.1 Å². The van der Waals surface area contributed by atoms with Crippen molar-refractivity contribution >= 4 is 17.2 Å². The number of carbonyl (C=O) groups excluding carboxylic acids is 1. The molecule has 0 aliphatic rings. The van der Waals surface area contributed by atoms with Crippen LogP contribution in [0.25, 0.3) is 10.7 Å². The van der Waals surface area contributed by atoms with Crippen molar-refractivity contribution < 1.29 is 14.6 Å². The zero-order valence-corrected chi connectivity index (χ0v) is 12.4. The van der Waals surface area contributed by atoms with E-state index in [2.05, 4.69) is 20.7 Å². The average Bonchev–Trinajstić information content (AvgIpc) is 3.09. The maximum atomic E-state index is 11.7. The number of amides is 1. The minimum Gasteiger partial charge on any atom is -0.391 e. The molecule has 2 aromatic heterocycles. The maximum absolute atomic E-state index is 11.7. The van der Waals surface area contributed by atoms with Crippen LogP contribution in [0.15, 0.2) is 17.5 Å². The number of aromatic nitrogens is 4. The molecule has 0 aliphatic heterocycles. The number of nitrogens with zero attached hydrogens (tertiary/aromatic N) is 4. The highest BCUT2D eigenvalue weighted by atomic mass is 32.1. The third-order valence-corrected chi connectivity index (χ3v) is 3.50. The summed E-state index contributed by atoms with van der Waals surface area (Å²) in [6.07, 6.45) is -0.143. The smallest absolute Gasteiger partial charge is 0.243 e. The van der Waals surface area contributed by atoms with Crippen LogP contribution in [0, 0.1) is 0 Å². The molecule has 2 rings (SSSR count). The van der Waals surface area contributed by atoms with Gasteiger partial charge in [-0.3, -0.25) is 4.79 Å². The van der Waals surface area contributed by atoms with Crippen LogP contribution in [0.5, 0.6) is 0 Å². The minimum atomic E-state index is -0.578. The Kier molecular flexibility index (Phi) is 5.78. The lowest BCUT2D eigenvalue weighted by atomic mass is 10.2. The van der Waals surface area contributed by atoms with Crippen LogP contribution in [0.1, 0.15) is 6.42 Å². The fourth-order valence-electron chi connectivity index (χ4n) is 1.65. The molecule has 1 unspecified atom stereocenters. The van der Waals surface area contributed by atoms with Crippen LogP contribution in [0.4, 0.5) is 0 Å². The molecule has 0 spiro atoms. The lowest BCUT2D eigenvalue weighted by Gasteiger charge is -2.09. The quantitative estimate of drug-likeness (QED) is 0.707. The van der Waals surface area contributed by atoms with Gasteiger partial charge < -0.3 is 15.2 Å². The van der Waals surface area contributed by atoms with Gasteiger partial charge in [-0.2, -0.15) is 4.80 Å². The van der Waals surface area contributed by atoms with E-state index in [9.17, 15) is 9.90 Å². The van der Waals surface area contributed by atoms with Crippen molar-refractivity contribution in [1.82, 2.24) is 25.5 Å². The van der Waals surface area contributed by atoms with Crippen molar-refractivity contribution in [1.29, 1.82) is 0 Å². The number of tetrazole rings is 1. The Balaban J connectivity index is 1.75. The number of methoxy groups -OCH3 is 1. The van der Waals surface area contributed by atoms with E-state index in [1.807, 2.05) is 17.5 Å². The molecule has 2 N–H and O–H groups in total. The first-order valence-corrected chi connectivity index (χ1v) is 7.32. The Morgan fingerprint density at radius 1 is 1.62 bits per heavy atom. The van der Waals surface area contributed by atoms with Crippen LogP contribution in [0.2, 0.25) is 0 Å². The molecule has 114 valence electrons. The van der Waals surface area contributed by atoms with Crippen molar-refractivity contribution in [3.05, 3.63) is 17.5 Å². The first-order valence-electron chi connectivity index (χ1n) is 6.44. The van der Waals surface area contributed by atoms with E-state index in [1.165, 1.54) is 23.2 Å². The summed E-state index contributed by atoms with van der Waals surface area (Å²) < 4.78 is 4.80. The van der Waals surface area contributed by atoms with Crippen LogP contribution < -0.4 is 5.32 Å². The topological polar surface area (TPSA) is 102 Å². The second kappa shape index (κ2) is 7.81. The van der Waals surface area contributed by atoms with E-state index in [0.717, 1.165) is 4.88 Å². The predicted molar refractivity (Wildman–Crippen MR) is 76.6 cm³/mol. The van der Waals surface area contributed by atoms with Gasteiger partial charge in [0.2, 0.25) is 11.7 Å². The van der Waals surface area contributed by atoms with Crippen LogP contribution >= 0.6 is 11.3 Å². The first-order chi connectivity index (χ1) is 10.2. The average molecular weight is 311 g/mol. The van der Waals surface area contributed by atoms with Gasteiger partial charge in [-0.1, -0.05) is 6.07 Å². The van der Waals surface area contributed by atoms with Crippen LogP contribution in [-0.4, -0.2) is 57.6 Å². The third kappa shape index (κ3) is 4.88. The number of rotatable bonds is 8. The van der Waals surface area contributed by atoms with Crippen molar-refractivity contribution in [3.63, 3.8) is 0 Å². The Morgan fingerprint density at radius 2 is 2.48 bits per heavy atom. The molecule has 2 aromatic rings. The second-order valence-electron chi connectivity index (χ2n) is 4.37. The summed E-state index contributed by atoms with van der Waals surface area (Å²) in [6, 6.07) is 3.79. The Labute approximate surface area is 125 Å². The number of hydrogen-bond donors (Lipinski definition) is 2. The fraction of sp³-hybridized carbons (Fsp3) is 0.500. The van der Waals surface area contributed by atoms with Crippen LogP contribution in [0.3, 0.4) is 0 Å². The number of carbonyl (C=O) groups is 1. The monoisotopic (exact) mass is 311 g/mol. The summed E-state index contributed by atoms with van der Waals surface area (Å²) in [5.74, 6) is 0.281. The van der Waals surface area contributed by atoms with Gasteiger partial charge in [0.05, 0.1) is 17.6 Å². The molecule has 0 fully saturated rings. The van der Waals surface area contributed by atoms with Crippen molar-refractivity contribution in [2.45, 2.75) is 19.1 Å². The van der Waals surface area contributed by atoms with Gasteiger partial charge in [0.1, 0.15) is 6.54 Å². The van der Waals surface area contributed by atoms with Crippen molar-refractivity contribution in [2.24, 2.45) is 0 Å². The predicted octanol–water partition coefficient (Wildman–Crippen LogP) is -0.0848. The van der Waals surface area contributed by atoms with Gasteiger partial charge in [0, 0.05) is 13.7 Å². The minimum absolute atomic E-state index is 0.00124. The Bertz CT molecular complexity index is 557. The molecule has 0 radical (unpaired) electrons. The highest BCUT2D eigenvalue weighted by Gasteiger charge is 2.10. The molecular weight excluding hydrogens is 294 g/mol. The van der Waals surface area contributed by atoms with E-state index in [0.29, 0.717) is 18.8 Å². The summed E-state index contributed by atoms with van der Waals surface area (Å²) in [6.45, 7) is 0.624. The van der Waals surface area contributed by atoms with Crippen molar-refractivity contribution in [3.8, 4) is 10.7 Å². The number of nitrogens with one attached hydrogen (secondary N) is 1. The van der Waals surface area contributed by atoms with Gasteiger partial charge in [0.15, 0.2) is 0 Å². The molecule has 9 heteroatoms. The summed E-state index contributed by atoms with van der Waals surface area (Å²) in [4.78, 5) is 13.9. The normalized spacial score (nSPS) is 12.3. The van der Waals surface area contributed by atoms with Gasteiger partial charge in [0.25, 0.3) is 0 Å². The third-order valence-electron chi connectivity index (χ3n) is 2.64. The van der Waals surface area contributed by atoms with E-state index < -0.39 is 6.10 Å². The number of hydrogen-bond acceptors (Lipinski definition) is 7. The molecule has 21 heavy (non-hydrogen) atoms. The van der Waals surface area contributed by atoms with Gasteiger partial charge in [-0.25, -0.2) is 0 Å². The van der Waals surface area contributed by atoms with E-state index in [-0.39, 0.29) is 19.1 Å². The summed E-state index contributed by atoms with van der Waals surface area (Å²) >= 11 is 1.51. The Hall–Kier alpha value is -1.84. The molecule has 0 bridgehead atoms. The maximum Gasteiger partial charge on any atom is 0.243 e. The van der Waals surface area contributed by atoms with E-state index in [1.54, 1.807) is 0 Å². The molecule has 0 saturated carbocycles. The molecule has 0 aromatic carbocycles. The lowest BCUT2D eigenvalue weighted by Crippen LogP contribution is -2.31. The standard InChI is InChI=1S/C12H17N5O3S/c1-20-8-9(18)4-5-13-11(19)7-17-15-12(14-16-17)10-3-2-6-21-10/h2-3,6,9,18H,4-5,7-8H2,1H3,(H,13,19). The van der Waals surface area contributed by atoms with Gasteiger partial charge in [-0.05, 0) is 23.1 Å². The molecule has 2 heterocycles. The Morgan fingerprint density at radius 3 is 3.19 bits per heavy atom. The first kappa shape index (κ1) is 15.5. The summed E-state index contributed by atoms with van der Waals surface area (Å²) in [7, 11) is 1.52. The second-order valence-corrected chi connectivity index (χ2v) is 5.32. The zero-order valence-electron chi connectivity index (χ0n) is 11.6. The molecule has 8 nitrogen and oxygen atoms in total. The number of ether oxygens (including phenoxy) is 1. The highest BCUT2D eigenvalue weighted by molar-refractivity contribution is 7.13. The highest BCUT2D eigenvalue weighted by Crippen LogP contribution is 2.19. The van der Waals surface area contributed by atoms with E-state index >= 15 is 0 Å². The zero-order chi connectivity index (χ0) is 15.1. The molecule has 0 aliphatic carbocycles. The summed E-state index contributed by atoms with van der Waals surface area (Å²) in [5.41, 5.74) is 0. The number of aliphatic hydroxyl groups excluding tert-OH is 1. The number of thiophene rings is 1. The number of aliphatic hydroxyl groups is 1. The van der Waals surface area contributed by atoms with Gasteiger partial charge >= 0.3 is 0 Å². The molecule has 0 saturated heterocycles. The van der Waals surface area contributed by atoms with Gasteiger partial charge in [-0.15, -0.1) is 21.5 Å². The lowest BCUT2D eigenvalue weighted by molar-refractivity contribution is -0.122. The molecule has 1 amide bonds. The largest absolute Gasteiger partial charge is 0.391 e. The SMILES string of the molecule is COCC(O)CCNC(=O)Cn1nnc(-c2cccs2)n1. The molecule has 1 atom stereocenters. The van der Waals surface area contributed by atoms with Crippen molar-refractivity contribution in [2.75, 3.05) is 20.3 Å².